The van der Waals surface area contributed by atoms with Crippen molar-refractivity contribution in [3.05, 3.63) is 83.5 Å². The van der Waals surface area contributed by atoms with Gasteiger partial charge in [-0.05, 0) is 60.7 Å². The monoisotopic (exact) mass is 437 g/mol. The molecular formula is C20H17ClFNO5S. The Labute approximate surface area is 172 Å². The lowest BCUT2D eigenvalue weighted by atomic mass is 10.3. The molecule has 0 aliphatic carbocycles. The zero-order chi connectivity index (χ0) is 20.9. The van der Waals surface area contributed by atoms with Crippen LogP contribution in [0.5, 0.6) is 5.75 Å². The van der Waals surface area contributed by atoms with Crippen LogP contribution in [0, 0.1) is 5.82 Å². The number of nitrogens with one attached hydrogen (secondary N) is 1. The molecule has 3 aromatic rings. The van der Waals surface area contributed by atoms with E-state index in [1.165, 1.54) is 24.5 Å². The summed E-state index contributed by atoms with van der Waals surface area (Å²) in [5.74, 6) is -0.448. The standard InChI is InChI=1S/C20H17ClFNO5S/c21-14-3-7-16(8-4-14)28-13-20(24)23-12-19(18-2-1-11-27-18)29(25,26)17-9-5-15(22)6-10-17/h1-11,19H,12-13H2,(H,23,24)/t19-/m0/s1. The van der Waals surface area contributed by atoms with Crippen LogP contribution in [0.3, 0.4) is 0 Å². The van der Waals surface area contributed by atoms with E-state index in [1.54, 1.807) is 30.3 Å². The summed E-state index contributed by atoms with van der Waals surface area (Å²) in [4.78, 5) is 12.1. The number of rotatable bonds is 8. The fraction of sp³-hybridized carbons (Fsp3) is 0.150. The van der Waals surface area contributed by atoms with Crippen molar-refractivity contribution < 1.29 is 26.8 Å². The highest BCUT2D eigenvalue weighted by molar-refractivity contribution is 7.91. The highest BCUT2D eigenvalue weighted by atomic mass is 35.5. The minimum absolute atomic E-state index is 0.0769. The predicted molar refractivity (Wildman–Crippen MR) is 105 cm³/mol. The number of hydrogen-bond donors (Lipinski definition) is 1. The molecule has 0 spiro atoms. The largest absolute Gasteiger partial charge is 0.484 e. The number of carbonyl (C=O) groups excluding carboxylic acids is 1. The van der Waals surface area contributed by atoms with E-state index in [1.807, 2.05) is 0 Å². The smallest absolute Gasteiger partial charge is 0.257 e. The van der Waals surface area contributed by atoms with Gasteiger partial charge in [0.2, 0.25) is 0 Å². The van der Waals surface area contributed by atoms with Gasteiger partial charge in [0.05, 0.1) is 11.2 Å². The SMILES string of the molecule is O=C(COc1ccc(Cl)cc1)NC[C@@H](c1ccco1)S(=O)(=O)c1ccc(F)cc1. The minimum Gasteiger partial charge on any atom is -0.484 e. The Bertz CT molecular complexity index is 1050. The van der Waals surface area contributed by atoms with Crippen molar-refractivity contribution in [2.24, 2.45) is 0 Å². The Hall–Kier alpha value is -2.84. The van der Waals surface area contributed by atoms with Crippen molar-refractivity contribution in [2.45, 2.75) is 10.1 Å². The third-order valence-corrected chi connectivity index (χ3v) is 6.37. The highest BCUT2D eigenvalue weighted by Crippen LogP contribution is 2.29. The minimum atomic E-state index is -3.94. The second-order valence-electron chi connectivity index (χ2n) is 6.05. The summed E-state index contributed by atoms with van der Waals surface area (Å²) in [5.41, 5.74) is 0. The number of hydrogen-bond acceptors (Lipinski definition) is 5. The molecule has 0 aliphatic heterocycles. The molecule has 1 N–H and O–H groups in total. The Kier molecular flexibility index (Phi) is 6.56. The topological polar surface area (TPSA) is 85.6 Å². The van der Waals surface area contributed by atoms with Gasteiger partial charge in [0.15, 0.2) is 16.4 Å². The van der Waals surface area contributed by atoms with E-state index >= 15 is 0 Å². The maximum absolute atomic E-state index is 13.2. The van der Waals surface area contributed by atoms with Gasteiger partial charge in [0, 0.05) is 11.6 Å². The summed E-state index contributed by atoms with van der Waals surface area (Å²) < 4.78 is 49.7. The molecule has 0 fully saturated rings. The maximum atomic E-state index is 13.2. The van der Waals surface area contributed by atoms with Crippen molar-refractivity contribution in [2.75, 3.05) is 13.2 Å². The van der Waals surface area contributed by atoms with Crippen LogP contribution >= 0.6 is 11.6 Å². The Morgan fingerprint density at radius 1 is 1.10 bits per heavy atom. The van der Waals surface area contributed by atoms with Gasteiger partial charge < -0.3 is 14.5 Å². The molecule has 6 nitrogen and oxygen atoms in total. The first-order valence-electron chi connectivity index (χ1n) is 8.54. The predicted octanol–water partition coefficient (Wildman–Crippen LogP) is 3.78. The molecule has 29 heavy (non-hydrogen) atoms. The summed E-state index contributed by atoms with van der Waals surface area (Å²) in [6, 6.07) is 14.0. The van der Waals surface area contributed by atoms with Gasteiger partial charge in [0.25, 0.3) is 5.91 Å². The van der Waals surface area contributed by atoms with Gasteiger partial charge >= 0.3 is 0 Å². The molecule has 2 aromatic carbocycles. The number of halogens is 2. The van der Waals surface area contributed by atoms with Crippen LogP contribution in [0.1, 0.15) is 11.0 Å². The van der Waals surface area contributed by atoms with Crippen LogP contribution in [-0.2, 0) is 14.6 Å². The fourth-order valence-corrected chi connectivity index (χ4v) is 4.28. The molecule has 9 heteroatoms. The molecule has 3 rings (SSSR count). The highest BCUT2D eigenvalue weighted by Gasteiger charge is 2.31. The molecule has 1 aromatic heterocycles. The lowest BCUT2D eigenvalue weighted by molar-refractivity contribution is -0.123. The first-order chi connectivity index (χ1) is 13.9. The number of amides is 1. The fourth-order valence-electron chi connectivity index (χ4n) is 2.56. The number of benzene rings is 2. The van der Waals surface area contributed by atoms with Crippen LogP contribution in [0.4, 0.5) is 4.39 Å². The normalized spacial score (nSPS) is 12.3. The molecule has 0 radical (unpaired) electrons. The molecule has 1 atom stereocenters. The number of carbonyl (C=O) groups is 1. The second-order valence-corrected chi connectivity index (χ2v) is 8.62. The third-order valence-electron chi connectivity index (χ3n) is 4.05. The molecular weight excluding hydrogens is 421 g/mol. The maximum Gasteiger partial charge on any atom is 0.257 e. The van der Waals surface area contributed by atoms with E-state index in [2.05, 4.69) is 5.32 Å². The summed E-state index contributed by atoms with van der Waals surface area (Å²) in [7, 11) is -3.94. The lowest BCUT2D eigenvalue weighted by Crippen LogP contribution is -2.34. The summed E-state index contributed by atoms with van der Waals surface area (Å²) >= 11 is 5.79. The van der Waals surface area contributed by atoms with E-state index < -0.39 is 26.8 Å². The van der Waals surface area contributed by atoms with Crippen molar-refractivity contribution in [1.29, 1.82) is 0 Å². The van der Waals surface area contributed by atoms with Gasteiger partial charge in [-0.25, -0.2) is 12.8 Å². The van der Waals surface area contributed by atoms with Crippen molar-refractivity contribution in [3.8, 4) is 5.75 Å². The molecule has 0 saturated heterocycles. The molecule has 0 unspecified atom stereocenters. The Balaban J connectivity index is 1.69. The number of furan rings is 1. The van der Waals surface area contributed by atoms with Crippen molar-refractivity contribution in [1.82, 2.24) is 5.32 Å². The van der Waals surface area contributed by atoms with E-state index in [0.29, 0.717) is 10.8 Å². The van der Waals surface area contributed by atoms with E-state index in [4.69, 9.17) is 20.8 Å². The average molecular weight is 438 g/mol. The molecule has 152 valence electrons. The first kappa shape index (κ1) is 20.9. The van der Waals surface area contributed by atoms with Gasteiger partial charge in [-0.2, -0.15) is 0 Å². The summed E-state index contributed by atoms with van der Waals surface area (Å²) in [5, 5.41) is 1.89. The van der Waals surface area contributed by atoms with Crippen molar-refractivity contribution in [3.63, 3.8) is 0 Å². The molecule has 1 heterocycles. The van der Waals surface area contributed by atoms with Gasteiger partial charge in [-0.1, -0.05) is 11.6 Å². The lowest BCUT2D eigenvalue weighted by Gasteiger charge is -2.17. The van der Waals surface area contributed by atoms with E-state index in [-0.39, 0.29) is 23.8 Å². The third kappa shape index (κ3) is 5.36. The van der Waals surface area contributed by atoms with E-state index in [9.17, 15) is 17.6 Å². The van der Waals surface area contributed by atoms with Gasteiger partial charge in [-0.15, -0.1) is 0 Å². The summed E-state index contributed by atoms with van der Waals surface area (Å²) in [6.07, 6.45) is 1.34. The average Bonchev–Trinajstić information content (AvgIpc) is 3.22. The van der Waals surface area contributed by atoms with E-state index in [0.717, 1.165) is 12.1 Å². The van der Waals surface area contributed by atoms with Gasteiger partial charge in [-0.3, -0.25) is 4.79 Å². The molecule has 0 bridgehead atoms. The number of ether oxygens (including phenoxy) is 1. The first-order valence-corrected chi connectivity index (χ1v) is 10.5. The zero-order valence-corrected chi connectivity index (χ0v) is 16.6. The van der Waals surface area contributed by atoms with Crippen LogP contribution in [0.2, 0.25) is 5.02 Å². The van der Waals surface area contributed by atoms with Crippen LogP contribution in [-0.4, -0.2) is 27.5 Å². The Morgan fingerprint density at radius 3 is 2.41 bits per heavy atom. The van der Waals surface area contributed by atoms with Gasteiger partial charge in [0.1, 0.15) is 22.6 Å². The van der Waals surface area contributed by atoms with Crippen LogP contribution < -0.4 is 10.1 Å². The van der Waals surface area contributed by atoms with Crippen molar-refractivity contribution >= 4 is 27.3 Å². The second kappa shape index (κ2) is 9.11. The molecule has 0 saturated carbocycles. The summed E-state index contributed by atoms with van der Waals surface area (Å²) in [6.45, 7) is -0.543. The Morgan fingerprint density at radius 2 is 1.79 bits per heavy atom. The molecule has 1 amide bonds. The van der Waals surface area contributed by atoms with Crippen LogP contribution in [0.15, 0.2) is 76.2 Å². The quantitative estimate of drug-likeness (QED) is 0.542. The zero-order valence-electron chi connectivity index (χ0n) is 15.0. The number of sulfone groups is 1. The van der Waals surface area contributed by atoms with Crippen LogP contribution in [0.25, 0.3) is 0 Å². The molecule has 0 aliphatic rings.